The van der Waals surface area contributed by atoms with Gasteiger partial charge < -0.3 is 10.1 Å². The van der Waals surface area contributed by atoms with Crippen LogP contribution < -0.4 is 15.4 Å². The molecule has 7 nitrogen and oxygen atoms in total. The molecule has 0 unspecified atom stereocenters. The van der Waals surface area contributed by atoms with E-state index in [2.05, 4.69) is 10.6 Å². The molecule has 2 aromatic rings. The van der Waals surface area contributed by atoms with E-state index in [-0.39, 0.29) is 16.7 Å². The van der Waals surface area contributed by atoms with Crippen LogP contribution in [0.1, 0.15) is 10.4 Å². The maximum Gasteiger partial charge on any atom is 0.269 e. The Morgan fingerprint density at radius 1 is 1.22 bits per heavy atom. The lowest BCUT2D eigenvalue weighted by Gasteiger charge is -2.10. The fourth-order valence-electron chi connectivity index (χ4n) is 1.77. The van der Waals surface area contributed by atoms with Gasteiger partial charge in [-0.05, 0) is 42.5 Å². The molecule has 0 atom stereocenters. The fourth-order valence-corrected chi connectivity index (χ4v) is 1.98. The summed E-state index contributed by atoms with van der Waals surface area (Å²) < 4.78 is 5.05. The molecule has 2 aromatic carbocycles. The predicted octanol–water partition coefficient (Wildman–Crippen LogP) is 2.73. The van der Waals surface area contributed by atoms with Crippen LogP contribution in [0.2, 0.25) is 0 Å². The first-order valence-electron chi connectivity index (χ1n) is 6.50. The van der Waals surface area contributed by atoms with Gasteiger partial charge in [0.1, 0.15) is 5.75 Å². The Morgan fingerprint density at radius 2 is 1.91 bits per heavy atom. The number of thiocarbonyl (C=S) groups is 1. The molecule has 0 spiro atoms. The maximum absolute atomic E-state index is 12.1. The third-order valence-electron chi connectivity index (χ3n) is 2.89. The number of nitrogens with zero attached hydrogens (tertiary/aromatic N) is 1. The van der Waals surface area contributed by atoms with Gasteiger partial charge in [0.2, 0.25) is 0 Å². The summed E-state index contributed by atoms with van der Waals surface area (Å²) in [5, 5.41) is 16.0. The van der Waals surface area contributed by atoms with E-state index in [1.54, 1.807) is 24.3 Å². The van der Waals surface area contributed by atoms with E-state index in [0.29, 0.717) is 17.0 Å². The number of methoxy groups -OCH3 is 1. The molecule has 0 aliphatic heterocycles. The van der Waals surface area contributed by atoms with E-state index in [0.717, 1.165) is 0 Å². The van der Waals surface area contributed by atoms with Crippen molar-refractivity contribution >= 4 is 34.6 Å². The van der Waals surface area contributed by atoms with E-state index < -0.39 is 4.92 Å². The molecule has 2 rings (SSSR count). The van der Waals surface area contributed by atoms with Gasteiger partial charge in [-0.15, -0.1) is 0 Å². The lowest BCUT2D eigenvalue weighted by Crippen LogP contribution is -2.34. The largest absolute Gasteiger partial charge is 0.497 e. The Labute approximate surface area is 137 Å². The summed E-state index contributed by atoms with van der Waals surface area (Å²) in [5.41, 5.74) is 0.908. The molecule has 0 saturated carbocycles. The number of ether oxygens (including phenoxy) is 1. The average Bonchev–Trinajstić information content (AvgIpc) is 2.55. The molecule has 2 N–H and O–H groups in total. The number of anilines is 1. The fraction of sp³-hybridized carbons (Fsp3) is 0.0667. The molecule has 0 aliphatic carbocycles. The minimum Gasteiger partial charge on any atom is -0.497 e. The molecule has 1 amide bonds. The minimum atomic E-state index is -0.493. The summed E-state index contributed by atoms with van der Waals surface area (Å²) in [6.45, 7) is 0. The minimum absolute atomic E-state index is 0.0260. The summed E-state index contributed by atoms with van der Waals surface area (Å²) in [5.74, 6) is 0.176. The van der Waals surface area contributed by atoms with Crippen LogP contribution in [0.5, 0.6) is 5.75 Å². The van der Waals surface area contributed by atoms with Crippen LogP contribution in [0.3, 0.4) is 0 Å². The summed E-state index contributed by atoms with van der Waals surface area (Å²) in [6.07, 6.45) is 0. The van der Waals surface area contributed by atoms with Gasteiger partial charge in [-0.2, -0.15) is 0 Å². The van der Waals surface area contributed by atoms with E-state index in [4.69, 9.17) is 17.0 Å². The van der Waals surface area contributed by atoms with Crippen LogP contribution in [0, 0.1) is 10.1 Å². The number of hydrogen-bond donors (Lipinski definition) is 2. The number of hydrogen-bond acceptors (Lipinski definition) is 5. The zero-order valence-electron chi connectivity index (χ0n) is 12.1. The normalized spacial score (nSPS) is 9.78. The predicted molar refractivity (Wildman–Crippen MR) is 89.8 cm³/mol. The van der Waals surface area contributed by atoms with Crippen LogP contribution >= 0.6 is 12.2 Å². The first-order chi connectivity index (χ1) is 11.0. The van der Waals surface area contributed by atoms with Crippen molar-refractivity contribution < 1.29 is 14.5 Å². The topological polar surface area (TPSA) is 93.5 Å². The first-order valence-corrected chi connectivity index (χ1v) is 6.91. The third kappa shape index (κ3) is 4.48. The van der Waals surface area contributed by atoms with E-state index >= 15 is 0 Å². The van der Waals surface area contributed by atoms with Crippen LogP contribution in [-0.4, -0.2) is 23.1 Å². The lowest BCUT2D eigenvalue weighted by atomic mass is 10.2. The van der Waals surface area contributed by atoms with Gasteiger partial charge in [0, 0.05) is 23.4 Å². The van der Waals surface area contributed by atoms with Gasteiger partial charge in [0.05, 0.1) is 12.0 Å². The van der Waals surface area contributed by atoms with E-state index in [9.17, 15) is 14.9 Å². The highest BCUT2D eigenvalue weighted by atomic mass is 32.1. The Morgan fingerprint density at radius 3 is 2.52 bits per heavy atom. The quantitative estimate of drug-likeness (QED) is 0.508. The number of carbonyl (C=O) groups excluding carboxylic acids is 1. The highest BCUT2D eigenvalue weighted by Crippen LogP contribution is 2.15. The van der Waals surface area contributed by atoms with Crippen molar-refractivity contribution in [2.24, 2.45) is 0 Å². The first kappa shape index (κ1) is 16.4. The molecule has 0 aliphatic rings. The summed E-state index contributed by atoms with van der Waals surface area (Å²) >= 11 is 5.05. The average molecular weight is 331 g/mol. The van der Waals surface area contributed by atoms with Crippen molar-refractivity contribution in [2.75, 3.05) is 12.4 Å². The highest BCUT2D eigenvalue weighted by molar-refractivity contribution is 7.80. The number of carbonyl (C=O) groups is 1. The molecule has 8 heteroatoms. The molecule has 0 fully saturated rings. The van der Waals surface area contributed by atoms with E-state index in [1.165, 1.54) is 31.4 Å². The third-order valence-corrected chi connectivity index (χ3v) is 3.10. The highest BCUT2D eigenvalue weighted by Gasteiger charge is 2.10. The number of amides is 1. The number of nitro groups is 1. The van der Waals surface area contributed by atoms with Crippen molar-refractivity contribution in [2.45, 2.75) is 0 Å². The van der Waals surface area contributed by atoms with E-state index in [1.807, 2.05) is 0 Å². The number of benzene rings is 2. The van der Waals surface area contributed by atoms with Crippen molar-refractivity contribution in [1.82, 2.24) is 5.32 Å². The standard InChI is InChI=1S/C15H13N3O4S/c1-22-13-4-2-3-10(9-13)14(19)17-15(23)16-11-5-7-12(8-6-11)18(20)21/h2-9H,1H3,(H2,16,17,19,23). The Hall–Kier alpha value is -3.00. The van der Waals surface area contributed by atoms with Crippen molar-refractivity contribution in [3.05, 3.63) is 64.2 Å². The van der Waals surface area contributed by atoms with Crippen LogP contribution in [0.15, 0.2) is 48.5 Å². The van der Waals surface area contributed by atoms with Gasteiger partial charge in [-0.25, -0.2) is 0 Å². The molecule has 0 aromatic heterocycles. The zero-order valence-corrected chi connectivity index (χ0v) is 12.9. The van der Waals surface area contributed by atoms with Crippen LogP contribution in [0.25, 0.3) is 0 Å². The number of nitro benzene ring substituents is 1. The van der Waals surface area contributed by atoms with Crippen LogP contribution in [0.4, 0.5) is 11.4 Å². The second kappa shape index (κ2) is 7.32. The smallest absolute Gasteiger partial charge is 0.269 e. The molecule has 118 valence electrons. The summed E-state index contributed by atoms with van der Waals surface area (Å²) in [7, 11) is 1.51. The number of rotatable bonds is 4. The molecular weight excluding hydrogens is 318 g/mol. The summed E-state index contributed by atoms with van der Waals surface area (Å²) in [6, 6.07) is 12.3. The Balaban J connectivity index is 1.98. The van der Waals surface area contributed by atoms with Crippen molar-refractivity contribution in [3.63, 3.8) is 0 Å². The number of nitrogens with one attached hydrogen (secondary N) is 2. The molecule has 0 saturated heterocycles. The summed E-state index contributed by atoms with van der Waals surface area (Å²) in [4.78, 5) is 22.2. The van der Waals surface area contributed by atoms with Crippen molar-refractivity contribution in [1.29, 1.82) is 0 Å². The molecule has 23 heavy (non-hydrogen) atoms. The molecule has 0 bridgehead atoms. The maximum atomic E-state index is 12.1. The van der Waals surface area contributed by atoms with Crippen molar-refractivity contribution in [3.8, 4) is 5.75 Å². The van der Waals surface area contributed by atoms with Gasteiger partial charge in [-0.1, -0.05) is 6.07 Å². The molecule has 0 radical (unpaired) electrons. The second-order valence-corrected chi connectivity index (χ2v) is 4.85. The molecule has 0 heterocycles. The van der Waals surface area contributed by atoms with Gasteiger partial charge in [0.15, 0.2) is 5.11 Å². The SMILES string of the molecule is COc1cccc(C(=O)NC(=S)Nc2ccc([N+](=O)[O-])cc2)c1. The Bertz CT molecular complexity index is 747. The van der Waals surface area contributed by atoms with Gasteiger partial charge in [-0.3, -0.25) is 20.2 Å². The Kier molecular flexibility index (Phi) is 5.21. The van der Waals surface area contributed by atoms with Crippen LogP contribution in [-0.2, 0) is 0 Å². The lowest BCUT2D eigenvalue weighted by molar-refractivity contribution is -0.384. The molecular formula is C15H13N3O4S. The zero-order chi connectivity index (χ0) is 16.8. The second-order valence-electron chi connectivity index (χ2n) is 4.44. The monoisotopic (exact) mass is 331 g/mol. The van der Waals surface area contributed by atoms with Gasteiger partial charge in [0.25, 0.3) is 11.6 Å². The van der Waals surface area contributed by atoms with Gasteiger partial charge >= 0.3 is 0 Å². The number of non-ortho nitro benzene ring substituents is 1.